The minimum atomic E-state index is -0.445. The Morgan fingerprint density at radius 3 is 2.57 bits per heavy atom. The van der Waals surface area contributed by atoms with Gasteiger partial charge in [0.05, 0.1) is 11.0 Å². The molecule has 5 heteroatoms. The Kier molecular flexibility index (Phi) is 2.70. The fourth-order valence-electron chi connectivity index (χ4n) is 3.39. The van der Waals surface area contributed by atoms with Crippen molar-refractivity contribution in [3.63, 3.8) is 0 Å². The quantitative estimate of drug-likeness (QED) is 0.942. The second-order valence-electron chi connectivity index (χ2n) is 6.38. The number of aromatic nitrogens is 2. The Morgan fingerprint density at radius 2 is 1.90 bits per heavy atom. The summed E-state index contributed by atoms with van der Waals surface area (Å²) < 4.78 is 19.0. The third-order valence-electron chi connectivity index (χ3n) is 4.90. The van der Waals surface area contributed by atoms with Crippen molar-refractivity contribution in [3.05, 3.63) is 47.4 Å². The van der Waals surface area contributed by atoms with Crippen molar-refractivity contribution in [2.75, 3.05) is 0 Å². The summed E-state index contributed by atoms with van der Waals surface area (Å²) in [5.41, 5.74) is 6.54. The van der Waals surface area contributed by atoms with Crippen LogP contribution in [0.25, 0.3) is 0 Å². The molecule has 0 unspecified atom stereocenters. The highest BCUT2D eigenvalue weighted by atomic mass is 19.1. The zero-order chi connectivity index (χ0) is 14.5. The monoisotopic (exact) mass is 287 g/mol. The van der Waals surface area contributed by atoms with Gasteiger partial charge in [-0.3, -0.25) is 0 Å². The van der Waals surface area contributed by atoms with E-state index in [9.17, 15) is 4.39 Å². The number of halogens is 1. The third-order valence-corrected chi connectivity index (χ3v) is 4.90. The van der Waals surface area contributed by atoms with Gasteiger partial charge in [-0.1, -0.05) is 30.1 Å². The first-order valence-corrected chi connectivity index (χ1v) is 7.52. The largest absolute Gasteiger partial charge is 0.338 e. The minimum Gasteiger partial charge on any atom is -0.338 e. The molecule has 2 N–H and O–H groups in total. The van der Waals surface area contributed by atoms with Crippen LogP contribution in [0, 0.1) is 5.82 Å². The molecular weight excluding hydrogens is 269 g/mol. The van der Waals surface area contributed by atoms with Gasteiger partial charge < -0.3 is 10.3 Å². The molecule has 0 atom stereocenters. The van der Waals surface area contributed by atoms with Crippen LogP contribution in [0.1, 0.15) is 55.8 Å². The molecule has 0 spiro atoms. The normalized spacial score (nSPS) is 22.4. The topological polar surface area (TPSA) is 64.9 Å². The van der Waals surface area contributed by atoms with Crippen LogP contribution in [0.15, 0.2) is 28.8 Å². The van der Waals surface area contributed by atoms with Crippen LogP contribution in [0.4, 0.5) is 4.39 Å². The Labute approximate surface area is 122 Å². The van der Waals surface area contributed by atoms with Gasteiger partial charge in [0.2, 0.25) is 5.89 Å². The van der Waals surface area contributed by atoms with Crippen molar-refractivity contribution < 1.29 is 8.91 Å². The maximum absolute atomic E-state index is 13.5. The lowest BCUT2D eigenvalue weighted by Crippen LogP contribution is -2.34. The summed E-state index contributed by atoms with van der Waals surface area (Å²) in [6.07, 6.45) is 5.84. The maximum atomic E-state index is 13.5. The van der Waals surface area contributed by atoms with Crippen LogP contribution in [0.3, 0.4) is 0 Å². The van der Waals surface area contributed by atoms with E-state index in [1.807, 2.05) is 6.07 Å². The molecule has 1 aromatic carbocycles. The summed E-state index contributed by atoms with van der Waals surface area (Å²) in [7, 11) is 0. The highest BCUT2D eigenvalue weighted by Crippen LogP contribution is 2.53. The van der Waals surface area contributed by atoms with Crippen LogP contribution >= 0.6 is 0 Å². The van der Waals surface area contributed by atoms with Crippen LogP contribution in [-0.4, -0.2) is 10.1 Å². The molecule has 1 heterocycles. The summed E-state index contributed by atoms with van der Waals surface area (Å²) >= 11 is 0. The molecule has 0 bridgehead atoms. The molecule has 110 valence electrons. The van der Waals surface area contributed by atoms with Crippen LogP contribution < -0.4 is 5.73 Å². The first-order chi connectivity index (χ1) is 10.1. The molecular formula is C16H18FN3O. The van der Waals surface area contributed by atoms with E-state index in [0.717, 1.165) is 44.1 Å². The van der Waals surface area contributed by atoms with Gasteiger partial charge in [-0.25, -0.2) is 4.39 Å². The number of benzene rings is 1. The average molecular weight is 287 g/mol. The summed E-state index contributed by atoms with van der Waals surface area (Å²) in [6, 6.07) is 6.66. The summed E-state index contributed by atoms with van der Waals surface area (Å²) in [5, 5.41) is 4.12. The van der Waals surface area contributed by atoms with E-state index in [1.165, 1.54) is 6.07 Å². The van der Waals surface area contributed by atoms with Gasteiger partial charge in [0.1, 0.15) is 5.82 Å². The predicted octanol–water partition coefficient (Wildman–Crippen LogP) is 3.02. The molecule has 0 amide bonds. The van der Waals surface area contributed by atoms with E-state index < -0.39 is 5.54 Å². The molecule has 21 heavy (non-hydrogen) atoms. The van der Waals surface area contributed by atoms with Crippen molar-refractivity contribution in [2.45, 2.75) is 49.5 Å². The molecule has 0 saturated heterocycles. The molecule has 4 rings (SSSR count). The second kappa shape index (κ2) is 4.37. The molecule has 2 aliphatic carbocycles. The third kappa shape index (κ3) is 1.99. The first-order valence-electron chi connectivity index (χ1n) is 7.52. The average Bonchev–Trinajstić information content (AvgIpc) is 2.92. The summed E-state index contributed by atoms with van der Waals surface area (Å²) in [4.78, 5) is 4.58. The Morgan fingerprint density at radius 1 is 1.14 bits per heavy atom. The standard InChI is InChI=1S/C16H18FN3O/c17-12-5-3-4-11(10-12)15(8-9-15)14-19-13(20-21-14)16(18)6-1-2-7-16/h3-5,10H,1-2,6-9,18H2. The summed E-state index contributed by atoms with van der Waals surface area (Å²) in [5.74, 6) is 0.960. The molecule has 0 aliphatic heterocycles. The second-order valence-corrected chi connectivity index (χ2v) is 6.38. The van der Waals surface area contributed by atoms with E-state index in [4.69, 9.17) is 10.3 Å². The minimum absolute atomic E-state index is 0.232. The number of nitrogens with zero attached hydrogens (tertiary/aromatic N) is 2. The van der Waals surface area contributed by atoms with Crippen molar-refractivity contribution in [1.82, 2.24) is 10.1 Å². The fraction of sp³-hybridized carbons (Fsp3) is 0.500. The lowest BCUT2D eigenvalue weighted by atomic mass is 9.95. The van der Waals surface area contributed by atoms with Gasteiger partial charge in [-0.15, -0.1) is 0 Å². The van der Waals surface area contributed by atoms with Crippen molar-refractivity contribution in [3.8, 4) is 0 Å². The summed E-state index contributed by atoms with van der Waals surface area (Å²) in [6.45, 7) is 0. The van der Waals surface area contributed by atoms with Crippen LogP contribution in [0.5, 0.6) is 0 Å². The smallest absolute Gasteiger partial charge is 0.237 e. The predicted molar refractivity (Wildman–Crippen MR) is 75.0 cm³/mol. The zero-order valence-electron chi connectivity index (χ0n) is 11.8. The molecule has 1 aromatic heterocycles. The molecule has 4 nitrogen and oxygen atoms in total. The van der Waals surface area contributed by atoms with Gasteiger partial charge >= 0.3 is 0 Å². The first kappa shape index (κ1) is 13.0. The van der Waals surface area contributed by atoms with Gasteiger partial charge in [0, 0.05) is 0 Å². The maximum Gasteiger partial charge on any atom is 0.237 e. The van der Waals surface area contributed by atoms with Gasteiger partial charge in [0.15, 0.2) is 5.82 Å². The molecule has 0 radical (unpaired) electrons. The highest BCUT2D eigenvalue weighted by Gasteiger charge is 2.52. The lowest BCUT2D eigenvalue weighted by molar-refractivity contribution is 0.337. The Hall–Kier alpha value is -1.75. The highest BCUT2D eigenvalue weighted by molar-refractivity contribution is 5.38. The molecule has 2 saturated carbocycles. The van der Waals surface area contributed by atoms with Crippen molar-refractivity contribution in [1.29, 1.82) is 0 Å². The Balaban J connectivity index is 1.69. The van der Waals surface area contributed by atoms with Crippen LogP contribution in [0.2, 0.25) is 0 Å². The van der Waals surface area contributed by atoms with E-state index in [2.05, 4.69) is 10.1 Å². The fourth-order valence-corrected chi connectivity index (χ4v) is 3.39. The van der Waals surface area contributed by atoms with Crippen molar-refractivity contribution in [2.24, 2.45) is 5.73 Å². The molecule has 2 aromatic rings. The number of hydrogen-bond acceptors (Lipinski definition) is 4. The van der Waals surface area contributed by atoms with Gasteiger partial charge in [-0.2, -0.15) is 4.98 Å². The molecule has 2 fully saturated rings. The van der Waals surface area contributed by atoms with Gasteiger partial charge in [-0.05, 0) is 43.4 Å². The molecule has 2 aliphatic rings. The Bertz CT molecular complexity index is 672. The van der Waals surface area contributed by atoms with Crippen molar-refractivity contribution >= 4 is 0 Å². The van der Waals surface area contributed by atoms with E-state index in [-0.39, 0.29) is 11.2 Å². The van der Waals surface area contributed by atoms with Gasteiger partial charge in [0.25, 0.3) is 0 Å². The van der Waals surface area contributed by atoms with E-state index in [0.29, 0.717) is 11.7 Å². The van der Waals surface area contributed by atoms with Crippen LogP contribution in [-0.2, 0) is 11.0 Å². The number of rotatable bonds is 3. The number of nitrogens with two attached hydrogens (primary N) is 1. The number of hydrogen-bond donors (Lipinski definition) is 1. The lowest BCUT2D eigenvalue weighted by Gasteiger charge is -2.18. The van der Waals surface area contributed by atoms with E-state index in [1.54, 1.807) is 12.1 Å². The van der Waals surface area contributed by atoms with E-state index >= 15 is 0 Å². The SMILES string of the molecule is NC1(c2noc(C3(c4cccc(F)c4)CC3)n2)CCCC1. The zero-order valence-corrected chi connectivity index (χ0v) is 11.8.